The molecular formula is C13H13N3O3S. The van der Waals surface area contributed by atoms with Gasteiger partial charge in [-0.1, -0.05) is 12.1 Å². The van der Waals surface area contributed by atoms with Crippen molar-refractivity contribution in [2.75, 3.05) is 5.32 Å². The molecule has 0 aliphatic rings. The van der Waals surface area contributed by atoms with Crippen LogP contribution in [0.5, 0.6) is 0 Å². The van der Waals surface area contributed by atoms with Crippen LogP contribution in [0.15, 0.2) is 29.8 Å². The Bertz CT molecular complexity index is 626. The SMILES string of the molecule is Cc1cccc(NC(=O)NCc2nccs2)c1C(=O)O. The van der Waals surface area contributed by atoms with Crippen LogP contribution in [0.1, 0.15) is 20.9 Å². The minimum absolute atomic E-state index is 0.0944. The Kier molecular flexibility index (Phi) is 4.31. The molecular weight excluding hydrogens is 278 g/mol. The summed E-state index contributed by atoms with van der Waals surface area (Å²) in [6.45, 7) is 1.99. The zero-order chi connectivity index (χ0) is 14.5. The maximum absolute atomic E-state index is 11.8. The summed E-state index contributed by atoms with van der Waals surface area (Å²) in [6.07, 6.45) is 1.66. The van der Waals surface area contributed by atoms with Crippen LogP contribution in [0.3, 0.4) is 0 Å². The number of rotatable bonds is 4. The molecule has 3 N–H and O–H groups in total. The van der Waals surface area contributed by atoms with Crippen molar-refractivity contribution in [3.05, 3.63) is 45.9 Å². The van der Waals surface area contributed by atoms with E-state index in [-0.39, 0.29) is 11.3 Å². The van der Waals surface area contributed by atoms with Gasteiger partial charge in [-0.15, -0.1) is 11.3 Å². The van der Waals surface area contributed by atoms with E-state index in [0.717, 1.165) is 5.01 Å². The third-order valence-corrected chi connectivity index (χ3v) is 3.40. The van der Waals surface area contributed by atoms with Crippen LogP contribution < -0.4 is 10.6 Å². The summed E-state index contributed by atoms with van der Waals surface area (Å²) in [5.74, 6) is -1.07. The number of carbonyl (C=O) groups is 2. The number of aromatic nitrogens is 1. The molecule has 0 bridgehead atoms. The molecule has 0 saturated heterocycles. The minimum Gasteiger partial charge on any atom is -0.478 e. The number of nitrogens with one attached hydrogen (secondary N) is 2. The van der Waals surface area contributed by atoms with Crippen LogP contribution in [0.25, 0.3) is 0 Å². The Morgan fingerprint density at radius 1 is 1.40 bits per heavy atom. The summed E-state index contributed by atoms with van der Waals surface area (Å²) in [7, 11) is 0. The fraction of sp³-hybridized carbons (Fsp3) is 0.154. The predicted octanol–water partition coefficient (Wildman–Crippen LogP) is 2.47. The predicted molar refractivity (Wildman–Crippen MR) is 76.1 cm³/mol. The first kappa shape index (κ1) is 14.0. The molecule has 0 unspecified atom stereocenters. The van der Waals surface area contributed by atoms with Crippen molar-refractivity contribution in [1.82, 2.24) is 10.3 Å². The van der Waals surface area contributed by atoms with Crippen LogP contribution >= 0.6 is 11.3 Å². The molecule has 0 fully saturated rings. The van der Waals surface area contributed by atoms with Crippen LogP contribution in [0.4, 0.5) is 10.5 Å². The smallest absolute Gasteiger partial charge is 0.338 e. The Hall–Kier alpha value is -2.41. The van der Waals surface area contributed by atoms with E-state index in [4.69, 9.17) is 5.11 Å². The first-order valence-electron chi connectivity index (χ1n) is 5.84. The van der Waals surface area contributed by atoms with E-state index >= 15 is 0 Å². The molecule has 0 spiro atoms. The van der Waals surface area contributed by atoms with E-state index in [2.05, 4.69) is 15.6 Å². The standard InChI is InChI=1S/C13H13N3O3S/c1-8-3-2-4-9(11(8)12(17)18)16-13(19)15-7-10-14-5-6-20-10/h2-6H,7H2,1H3,(H,17,18)(H2,15,16,19). The van der Waals surface area contributed by atoms with Gasteiger partial charge in [0.2, 0.25) is 0 Å². The fourth-order valence-corrected chi connectivity index (χ4v) is 2.27. The monoisotopic (exact) mass is 291 g/mol. The lowest BCUT2D eigenvalue weighted by molar-refractivity contribution is 0.0697. The van der Waals surface area contributed by atoms with E-state index in [1.807, 2.05) is 5.38 Å². The maximum atomic E-state index is 11.8. The fourth-order valence-electron chi connectivity index (χ4n) is 1.72. The third kappa shape index (κ3) is 3.33. The van der Waals surface area contributed by atoms with Gasteiger partial charge in [0.25, 0.3) is 0 Å². The number of amides is 2. The molecule has 20 heavy (non-hydrogen) atoms. The average Bonchev–Trinajstić information content (AvgIpc) is 2.89. The Morgan fingerprint density at radius 3 is 2.85 bits per heavy atom. The van der Waals surface area contributed by atoms with Gasteiger partial charge in [-0.05, 0) is 18.6 Å². The molecule has 1 heterocycles. The number of aryl methyl sites for hydroxylation is 1. The molecule has 0 aliphatic heterocycles. The number of aromatic carboxylic acids is 1. The number of carbonyl (C=O) groups excluding carboxylic acids is 1. The van der Waals surface area contributed by atoms with E-state index in [0.29, 0.717) is 12.1 Å². The van der Waals surface area contributed by atoms with Gasteiger partial charge in [-0.3, -0.25) is 0 Å². The number of hydrogen-bond donors (Lipinski definition) is 3. The first-order chi connectivity index (χ1) is 9.58. The van der Waals surface area contributed by atoms with Gasteiger partial charge in [0.1, 0.15) is 5.01 Å². The summed E-state index contributed by atoms with van der Waals surface area (Å²) in [6, 6.07) is 4.47. The maximum Gasteiger partial charge on any atom is 0.338 e. The van der Waals surface area contributed by atoms with Gasteiger partial charge in [0.15, 0.2) is 0 Å². The highest BCUT2D eigenvalue weighted by molar-refractivity contribution is 7.09. The number of hydrogen-bond acceptors (Lipinski definition) is 4. The van der Waals surface area contributed by atoms with E-state index in [1.165, 1.54) is 11.3 Å². The second-order valence-corrected chi connectivity index (χ2v) is 5.02. The molecule has 1 aromatic carbocycles. The van der Waals surface area contributed by atoms with Gasteiger partial charge in [0.05, 0.1) is 17.8 Å². The minimum atomic E-state index is -1.07. The Balaban J connectivity index is 2.04. The van der Waals surface area contributed by atoms with Crippen molar-refractivity contribution < 1.29 is 14.7 Å². The Morgan fingerprint density at radius 2 is 2.20 bits per heavy atom. The van der Waals surface area contributed by atoms with Crippen LogP contribution in [0.2, 0.25) is 0 Å². The number of carboxylic acid groups (broad SMARTS) is 1. The number of urea groups is 1. The largest absolute Gasteiger partial charge is 0.478 e. The summed E-state index contributed by atoms with van der Waals surface area (Å²) in [4.78, 5) is 27.0. The van der Waals surface area contributed by atoms with E-state index in [1.54, 1.807) is 31.3 Å². The van der Waals surface area contributed by atoms with Crippen molar-refractivity contribution >= 4 is 29.0 Å². The highest BCUT2D eigenvalue weighted by atomic mass is 32.1. The quantitative estimate of drug-likeness (QED) is 0.807. The van der Waals surface area contributed by atoms with Gasteiger partial charge in [0, 0.05) is 11.6 Å². The van der Waals surface area contributed by atoms with Crippen LogP contribution in [-0.4, -0.2) is 22.1 Å². The summed E-state index contributed by atoms with van der Waals surface area (Å²) in [5.41, 5.74) is 0.960. The number of anilines is 1. The van der Waals surface area contributed by atoms with Crippen molar-refractivity contribution in [2.45, 2.75) is 13.5 Å². The van der Waals surface area contributed by atoms with E-state index < -0.39 is 12.0 Å². The van der Waals surface area contributed by atoms with Crippen molar-refractivity contribution in [3.63, 3.8) is 0 Å². The normalized spacial score (nSPS) is 10.1. The highest BCUT2D eigenvalue weighted by Gasteiger charge is 2.14. The molecule has 104 valence electrons. The highest BCUT2D eigenvalue weighted by Crippen LogP contribution is 2.19. The van der Waals surface area contributed by atoms with Crippen LogP contribution in [0, 0.1) is 6.92 Å². The van der Waals surface area contributed by atoms with Crippen molar-refractivity contribution in [3.8, 4) is 0 Å². The molecule has 0 radical (unpaired) electrons. The van der Waals surface area contributed by atoms with Gasteiger partial charge < -0.3 is 15.7 Å². The molecule has 6 nitrogen and oxygen atoms in total. The van der Waals surface area contributed by atoms with E-state index in [9.17, 15) is 9.59 Å². The number of nitrogens with zero attached hydrogens (tertiary/aromatic N) is 1. The molecule has 0 atom stereocenters. The Labute approximate surface area is 119 Å². The first-order valence-corrected chi connectivity index (χ1v) is 6.72. The summed E-state index contributed by atoms with van der Waals surface area (Å²) in [5, 5.41) is 16.9. The number of carboxylic acids is 1. The third-order valence-electron chi connectivity index (χ3n) is 2.62. The zero-order valence-electron chi connectivity index (χ0n) is 10.7. The molecule has 2 rings (SSSR count). The number of thiazole rings is 1. The second-order valence-electron chi connectivity index (χ2n) is 4.04. The average molecular weight is 291 g/mol. The number of benzene rings is 1. The molecule has 7 heteroatoms. The molecule has 0 saturated carbocycles. The second kappa shape index (κ2) is 6.16. The van der Waals surface area contributed by atoms with Gasteiger partial charge >= 0.3 is 12.0 Å². The van der Waals surface area contributed by atoms with Gasteiger partial charge in [-0.25, -0.2) is 14.6 Å². The summed E-state index contributed by atoms with van der Waals surface area (Å²) >= 11 is 1.43. The molecule has 2 aromatic rings. The lowest BCUT2D eigenvalue weighted by atomic mass is 10.1. The topological polar surface area (TPSA) is 91.3 Å². The summed E-state index contributed by atoms with van der Waals surface area (Å²) < 4.78 is 0. The van der Waals surface area contributed by atoms with Crippen molar-refractivity contribution in [1.29, 1.82) is 0 Å². The lowest BCUT2D eigenvalue weighted by Crippen LogP contribution is -2.29. The molecule has 0 aliphatic carbocycles. The molecule has 1 aromatic heterocycles. The zero-order valence-corrected chi connectivity index (χ0v) is 11.5. The van der Waals surface area contributed by atoms with Crippen LogP contribution in [-0.2, 0) is 6.54 Å². The van der Waals surface area contributed by atoms with Gasteiger partial charge in [-0.2, -0.15) is 0 Å². The van der Waals surface area contributed by atoms with Crippen molar-refractivity contribution in [2.24, 2.45) is 0 Å². The molecule has 2 amide bonds. The lowest BCUT2D eigenvalue weighted by Gasteiger charge is -2.11.